The van der Waals surface area contributed by atoms with Gasteiger partial charge in [0.15, 0.2) is 17.0 Å². The van der Waals surface area contributed by atoms with Crippen LogP contribution in [-0.2, 0) is 16.0 Å². The van der Waals surface area contributed by atoms with Crippen molar-refractivity contribution in [3.05, 3.63) is 46.0 Å². The van der Waals surface area contributed by atoms with E-state index in [0.717, 1.165) is 0 Å². The lowest BCUT2D eigenvalue weighted by Gasteiger charge is -2.22. The summed E-state index contributed by atoms with van der Waals surface area (Å²) >= 11 is 0. The number of nitrogens with zero attached hydrogens (tertiary/aromatic N) is 3. The number of nitrogens with two attached hydrogens (primary N) is 3. The highest BCUT2D eigenvalue weighted by Gasteiger charge is 2.40. The molecule has 0 saturated heterocycles. The van der Waals surface area contributed by atoms with E-state index in [1.165, 1.54) is 0 Å². The molecule has 0 unspecified atom stereocenters. The third kappa shape index (κ3) is 6.36. The lowest BCUT2D eigenvalue weighted by Crippen LogP contribution is -2.54. The van der Waals surface area contributed by atoms with Gasteiger partial charge in [-0.05, 0) is 29.8 Å². The fourth-order valence-electron chi connectivity index (χ4n) is 2.32. The van der Waals surface area contributed by atoms with Crippen molar-refractivity contribution in [1.29, 1.82) is 0 Å². The Morgan fingerprint density at radius 1 is 1.27 bits per heavy atom. The number of carboxylic acids is 1. The van der Waals surface area contributed by atoms with E-state index in [1.54, 1.807) is 30.3 Å². The standard InChI is InChI=1S/C15H22N6O5/c16-11(9-10-5-2-1-3-6-10)13(22)20(21(25)26)12(14(23)24)7-4-8-19-15(17)18/h1-3,5-6,11-12H,4,7-9,16H2,(H,23,24)(H4,17,18,19)/t11-,12-/m0/s1. The minimum atomic E-state index is -1.67. The van der Waals surface area contributed by atoms with Crippen LogP contribution in [0.1, 0.15) is 18.4 Å². The maximum atomic E-state index is 12.4. The van der Waals surface area contributed by atoms with Gasteiger partial charge in [-0.1, -0.05) is 30.3 Å². The van der Waals surface area contributed by atoms with E-state index in [2.05, 4.69) is 4.99 Å². The van der Waals surface area contributed by atoms with Crippen LogP contribution in [0.5, 0.6) is 0 Å². The van der Waals surface area contributed by atoms with Gasteiger partial charge in [-0.3, -0.25) is 9.79 Å². The van der Waals surface area contributed by atoms with E-state index in [9.17, 15) is 24.8 Å². The number of amides is 1. The minimum Gasteiger partial charge on any atom is -0.480 e. The molecule has 0 radical (unpaired) electrons. The number of hydrogen-bond donors (Lipinski definition) is 4. The zero-order valence-corrected chi connectivity index (χ0v) is 14.0. The lowest BCUT2D eigenvalue weighted by molar-refractivity contribution is -0.640. The Morgan fingerprint density at radius 2 is 1.88 bits per heavy atom. The molecule has 0 saturated carbocycles. The molecule has 0 aliphatic heterocycles. The summed E-state index contributed by atoms with van der Waals surface area (Å²) < 4.78 is 0. The van der Waals surface area contributed by atoms with Gasteiger partial charge in [0.05, 0.1) is 6.04 Å². The highest BCUT2D eigenvalue weighted by molar-refractivity contribution is 5.86. The van der Waals surface area contributed by atoms with Crippen LogP contribution < -0.4 is 17.2 Å². The van der Waals surface area contributed by atoms with Crippen molar-refractivity contribution >= 4 is 17.8 Å². The quantitative estimate of drug-likeness (QED) is 0.134. The first kappa shape index (κ1) is 20.8. The number of aliphatic carboxylic acids is 1. The summed E-state index contributed by atoms with van der Waals surface area (Å²) in [6, 6.07) is 5.76. The van der Waals surface area contributed by atoms with E-state index < -0.39 is 29.0 Å². The predicted octanol–water partition coefficient (Wildman–Crippen LogP) is -0.916. The number of hydrazine groups is 1. The van der Waals surface area contributed by atoms with Crippen LogP contribution in [0.4, 0.5) is 0 Å². The number of hydrogen-bond acceptors (Lipinski definition) is 6. The summed E-state index contributed by atoms with van der Waals surface area (Å²) in [6.07, 6.45) is -0.0122. The number of carbonyl (C=O) groups excluding carboxylic acids is 1. The second-order valence-corrected chi connectivity index (χ2v) is 5.52. The Kier molecular flexibility index (Phi) is 7.96. The van der Waals surface area contributed by atoms with Crippen LogP contribution in [0, 0.1) is 10.1 Å². The van der Waals surface area contributed by atoms with Gasteiger partial charge in [0.2, 0.25) is 0 Å². The highest BCUT2D eigenvalue weighted by atomic mass is 16.7. The number of carboxylic acid groups (broad SMARTS) is 1. The number of rotatable bonds is 10. The molecule has 7 N–H and O–H groups in total. The fourth-order valence-corrected chi connectivity index (χ4v) is 2.32. The van der Waals surface area contributed by atoms with Crippen molar-refractivity contribution in [2.75, 3.05) is 6.54 Å². The van der Waals surface area contributed by atoms with Gasteiger partial charge in [0, 0.05) is 6.54 Å². The molecule has 0 spiro atoms. The van der Waals surface area contributed by atoms with Crippen molar-refractivity contribution in [2.24, 2.45) is 22.2 Å². The van der Waals surface area contributed by atoms with Crippen molar-refractivity contribution in [1.82, 2.24) is 5.01 Å². The number of guanidine groups is 1. The fraction of sp³-hybridized carbons (Fsp3) is 0.400. The normalized spacial score (nSPS) is 12.7. The molecule has 0 heterocycles. The molecular weight excluding hydrogens is 344 g/mol. The van der Waals surface area contributed by atoms with Gasteiger partial charge in [-0.15, -0.1) is 0 Å². The second-order valence-electron chi connectivity index (χ2n) is 5.52. The summed E-state index contributed by atoms with van der Waals surface area (Å²) in [5.74, 6) is -2.76. The van der Waals surface area contributed by atoms with Gasteiger partial charge in [-0.25, -0.2) is 14.9 Å². The van der Waals surface area contributed by atoms with E-state index >= 15 is 0 Å². The molecule has 0 aliphatic carbocycles. The van der Waals surface area contributed by atoms with Gasteiger partial charge in [-0.2, -0.15) is 0 Å². The van der Waals surface area contributed by atoms with Crippen LogP contribution in [-0.4, -0.2) is 51.6 Å². The zero-order chi connectivity index (χ0) is 19.7. The summed E-state index contributed by atoms with van der Waals surface area (Å²) in [6.45, 7) is 0.0852. The molecule has 26 heavy (non-hydrogen) atoms. The van der Waals surface area contributed by atoms with E-state index in [1.807, 2.05) is 0 Å². The number of aliphatic imine (C=N–C) groups is 1. The molecule has 1 aromatic carbocycles. The van der Waals surface area contributed by atoms with Crippen LogP contribution in [0.25, 0.3) is 0 Å². The van der Waals surface area contributed by atoms with Gasteiger partial charge in [0.25, 0.3) is 0 Å². The molecule has 0 bridgehead atoms. The molecule has 11 heteroatoms. The van der Waals surface area contributed by atoms with Crippen LogP contribution in [0.15, 0.2) is 35.3 Å². The molecule has 2 atom stereocenters. The summed E-state index contributed by atoms with van der Waals surface area (Å²) in [5.41, 5.74) is 16.8. The molecular formula is C15H22N6O5. The molecule has 0 fully saturated rings. The maximum Gasteiger partial charge on any atom is 0.332 e. The first-order chi connectivity index (χ1) is 12.2. The molecule has 11 nitrogen and oxygen atoms in total. The van der Waals surface area contributed by atoms with Crippen molar-refractivity contribution in [2.45, 2.75) is 31.3 Å². The van der Waals surface area contributed by atoms with Crippen molar-refractivity contribution in [3.63, 3.8) is 0 Å². The molecule has 1 aromatic rings. The van der Waals surface area contributed by atoms with E-state index in [-0.39, 0.29) is 36.8 Å². The molecule has 0 aliphatic rings. The number of nitro groups is 1. The average molecular weight is 366 g/mol. The molecule has 0 aromatic heterocycles. The Morgan fingerprint density at radius 3 is 2.38 bits per heavy atom. The topological polar surface area (TPSA) is 191 Å². The SMILES string of the molecule is NC(N)=NCCC[C@@H](C(=O)O)N(C(=O)[C@@H](N)Cc1ccccc1)[N+](=O)[O-]. The summed E-state index contributed by atoms with van der Waals surface area (Å²) in [4.78, 5) is 38.8. The van der Waals surface area contributed by atoms with Crippen LogP contribution in [0.2, 0.25) is 0 Å². The smallest absolute Gasteiger partial charge is 0.332 e. The average Bonchev–Trinajstić information content (AvgIpc) is 2.57. The molecule has 1 amide bonds. The third-order valence-electron chi connectivity index (χ3n) is 3.53. The number of carbonyl (C=O) groups is 2. The van der Waals surface area contributed by atoms with Crippen LogP contribution >= 0.6 is 0 Å². The van der Waals surface area contributed by atoms with Gasteiger partial charge in [0.1, 0.15) is 0 Å². The minimum absolute atomic E-state index is 0.0460. The summed E-state index contributed by atoms with van der Waals surface area (Å²) in [5, 5.41) is 19.6. The lowest BCUT2D eigenvalue weighted by atomic mass is 10.0. The van der Waals surface area contributed by atoms with Crippen molar-refractivity contribution in [3.8, 4) is 0 Å². The highest BCUT2D eigenvalue weighted by Crippen LogP contribution is 2.12. The largest absolute Gasteiger partial charge is 0.480 e. The van der Waals surface area contributed by atoms with Crippen molar-refractivity contribution < 1.29 is 19.7 Å². The number of benzene rings is 1. The first-order valence-corrected chi connectivity index (χ1v) is 7.79. The monoisotopic (exact) mass is 366 g/mol. The van der Waals surface area contributed by atoms with E-state index in [0.29, 0.717) is 5.56 Å². The Labute approximate surface area is 149 Å². The summed E-state index contributed by atoms with van der Waals surface area (Å²) in [7, 11) is 0. The molecule has 1 rings (SSSR count). The molecule has 142 valence electrons. The van der Waals surface area contributed by atoms with Gasteiger partial charge < -0.3 is 22.3 Å². The Balaban J connectivity index is 2.87. The zero-order valence-electron chi connectivity index (χ0n) is 14.0. The third-order valence-corrected chi connectivity index (χ3v) is 3.53. The first-order valence-electron chi connectivity index (χ1n) is 7.79. The maximum absolute atomic E-state index is 12.4. The Bertz CT molecular complexity index is 662. The van der Waals surface area contributed by atoms with E-state index in [4.69, 9.17) is 17.2 Å². The second kappa shape index (κ2) is 9.93. The Hall–Kier alpha value is -3.21. The van der Waals surface area contributed by atoms with Crippen LogP contribution in [0.3, 0.4) is 0 Å². The predicted molar refractivity (Wildman–Crippen MR) is 93.3 cm³/mol. The van der Waals surface area contributed by atoms with Gasteiger partial charge >= 0.3 is 11.9 Å².